The van der Waals surface area contributed by atoms with Gasteiger partial charge in [-0.25, -0.2) is 0 Å². The zero-order chi connectivity index (χ0) is 10.7. The Morgan fingerprint density at radius 2 is 1.50 bits per heavy atom. The Balaban J connectivity index is 2.10. The zero-order valence-corrected chi connectivity index (χ0v) is 10.7. The number of rotatable bonds is 0. The fourth-order valence-corrected chi connectivity index (χ4v) is 4.07. The second-order valence-corrected chi connectivity index (χ2v) is 7.46. The highest BCUT2D eigenvalue weighted by Crippen LogP contribution is 2.68. The Hall–Kier alpha value is 0. The van der Waals surface area contributed by atoms with Crippen LogP contribution in [-0.2, 0) is 0 Å². The number of hydrogen-bond acceptors (Lipinski definition) is 0. The van der Waals surface area contributed by atoms with Gasteiger partial charge in [0.2, 0.25) is 0 Å². The van der Waals surface area contributed by atoms with Crippen molar-refractivity contribution in [2.45, 2.75) is 54.4 Å². The van der Waals surface area contributed by atoms with Crippen molar-refractivity contribution < 1.29 is 0 Å². The van der Waals surface area contributed by atoms with Crippen molar-refractivity contribution in [2.75, 3.05) is 0 Å². The smallest absolute Gasteiger partial charge is 0.0292 e. The first-order valence-corrected chi connectivity index (χ1v) is 6.24. The number of hydrogen-bond donors (Lipinski definition) is 0. The predicted molar refractivity (Wildman–Crippen MR) is 62.1 cm³/mol. The average Bonchev–Trinajstić information content (AvgIpc) is 2.50. The Bertz CT molecular complexity index is 231. The van der Waals surface area contributed by atoms with Gasteiger partial charge in [0, 0.05) is 0 Å². The van der Waals surface area contributed by atoms with Crippen LogP contribution in [0.2, 0.25) is 0 Å². The zero-order valence-electron chi connectivity index (χ0n) is 10.7. The lowest BCUT2D eigenvalue weighted by atomic mass is 9.67. The summed E-state index contributed by atoms with van der Waals surface area (Å²) < 4.78 is 0. The quantitative estimate of drug-likeness (QED) is 0.538. The second-order valence-electron chi connectivity index (χ2n) is 7.46. The van der Waals surface area contributed by atoms with Crippen molar-refractivity contribution in [1.82, 2.24) is 0 Å². The summed E-state index contributed by atoms with van der Waals surface area (Å²) >= 11 is 0. The van der Waals surface area contributed by atoms with Gasteiger partial charge in [0.05, 0.1) is 0 Å². The molecule has 0 saturated heterocycles. The van der Waals surface area contributed by atoms with Gasteiger partial charge >= 0.3 is 0 Å². The molecule has 2 saturated carbocycles. The Labute approximate surface area is 89.5 Å². The summed E-state index contributed by atoms with van der Waals surface area (Å²) in [5, 5.41) is 0. The van der Waals surface area contributed by atoms with Crippen LogP contribution in [0.3, 0.4) is 0 Å². The maximum atomic E-state index is 2.47. The van der Waals surface area contributed by atoms with Crippen molar-refractivity contribution in [1.29, 1.82) is 0 Å². The van der Waals surface area contributed by atoms with Gasteiger partial charge < -0.3 is 0 Å². The molecule has 0 heterocycles. The molecule has 4 atom stereocenters. The van der Waals surface area contributed by atoms with Crippen LogP contribution in [0.1, 0.15) is 54.4 Å². The first kappa shape index (κ1) is 10.5. The third-order valence-electron chi connectivity index (χ3n) is 5.22. The fourth-order valence-electron chi connectivity index (χ4n) is 4.07. The molecule has 0 spiro atoms. The van der Waals surface area contributed by atoms with E-state index in [1.54, 1.807) is 0 Å². The van der Waals surface area contributed by atoms with Gasteiger partial charge in [0.1, 0.15) is 0 Å². The van der Waals surface area contributed by atoms with Crippen LogP contribution in [-0.4, -0.2) is 0 Å². The molecule has 2 aliphatic carbocycles. The molecule has 0 aromatic carbocycles. The van der Waals surface area contributed by atoms with Gasteiger partial charge in [0.25, 0.3) is 0 Å². The molecule has 2 fully saturated rings. The molecule has 0 nitrogen and oxygen atoms in total. The Morgan fingerprint density at radius 1 is 1.00 bits per heavy atom. The molecule has 0 amide bonds. The SMILES string of the molecule is CC1CC2C(CC1C(C)(C)C)C2(C)C. The van der Waals surface area contributed by atoms with E-state index < -0.39 is 0 Å². The first-order chi connectivity index (χ1) is 6.24. The van der Waals surface area contributed by atoms with Gasteiger partial charge in [-0.1, -0.05) is 41.5 Å². The van der Waals surface area contributed by atoms with Crippen molar-refractivity contribution in [3.63, 3.8) is 0 Å². The minimum absolute atomic E-state index is 0.517. The molecule has 4 unspecified atom stereocenters. The minimum atomic E-state index is 0.517. The molecular formula is C14H26. The van der Waals surface area contributed by atoms with E-state index in [2.05, 4.69) is 41.5 Å². The maximum absolute atomic E-state index is 2.47. The summed E-state index contributed by atoms with van der Waals surface area (Å²) in [4.78, 5) is 0. The van der Waals surface area contributed by atoms with Crippen LogP contribution in [0.4, 0.5) is 0 Å². The van der Waals surface area contributed by atoms with Crippen molar-refractivity contribution >= 4 is 0 Å². The van der Waals surface area contributed by atoms with Gasteiger partial charge in [-0.15, -0.1) is 0 Å². The molecular weight excluding hydrogens is 168 g/mol. The summed E-state index contributed by atoms with van der Waals surface area (Å²) in [5.41, 5.74) is 1.19. The van der Waals surface area contributed by atoms with Gasteiger partial charge in [-0.3, -0.25) is 0 Å². The van der Waals surface area contributed by atoms with E-state index in [4.69, 9.17) is 0 Å². The van der Waals surface area contributed by atoms with Crippen molar-refractivity contribution in [2.24, 2.45) is 34.5 Å². The molecule has 0 aromatic heterocycles. The molecule has 14 heavy (non-hydrogen) atoms. The van der Waals surface area contributed by atoms with E-state index in [-0.39, 0.29) is 0 Å². The van der Waals surface area contributed by atoms with E-state index in [0.717, 1.165) is 23.7 Å². The standard InChI is InChI=1S/C14H26/c1-9-7-11-12(14(11,5)6)8-10(9)13(2,3)4/h9-12H,7-8H2,1-6H3. The lowest BCUT2D eigenvalue weighted by Gasteiger charge is -2.38. The van der Waals surface area contributed by atoms with Gasteiger partial charge in [-0.05, 0) is 47.3 Å². The van der Waals surface area contributed by atoms with E-state index in [9.17, 15) is 0 Å². The summed E-state index contributed by atoms with van der Waals surface area (Å²) in [6, 6.07) is 0. The predicted octanol–water partition coefficient (Wildman–Crippen LogP) is 4.35. The monoisotopic (exact) mass is 194 g/mol. The summed E-state index contributed by atoms with van der Waals surface area (Å²) in [5.74, 6) is 3.99. The molecule has 0 radical (unpaired) electrons. The first-order valence-electron chi connectivity index (χ1n) is 6.24. The van der Waals surface area contributed by atoms with E-state index >= 15 is 0 Å². The third kappa shape index (κ3) is 1.42. The summed E-state index contributed by atoms with van der Waals surface area (Å²) in [6.07, 6.45) is 2.97. The summed E-state index contributed by atoms with van der Waals surface area (Å²) in [7, 11) is 0. The highest BCUT2D eigenvalue weighted by molar-refractivity contribution is 5.09. The van der Waals surface area contributed by atoms with Crippen LogP contribution in [0.15, 0.2) is 0 Å². The van der Waals surface area contributed by atoms with Gasteiger partial charge in [-0.2, -0.15) is 0 Å². The molecule has 0 bridgehead atoms. The molecule has 0 N–H and O–H groups in total. The van der Waals surface area contributed by atoms with Crippen LogP contribution >= 0.6 is 0 Å². The fraction of sp³-hybridized carbons (Fsp3) is 1.00. The van der Waals surface area contributed by atoms with Crippen LogP contribution in [0.5, 0.6) is 0 Å². The Morgan fingerprint density at radius 3 is 2.00 bits per heavy atom. The van der Waals surface area contributed by atoms with Gasteiger partial charge in [0.15, 0.2) is 0 Å². The third-order valence-corrected chi connectivity index (χ3v) is 5.22. The van der Waals surface area contributed by atoms with Crippen LogP contribution in [0.25, 0.3) is 0 Å². The topological polar surface area (TPSA) is 0 Å². The summed E-state index contributed by atoms with van der Waals surface area (Å²) in [6.45, 7) is 14.7. The van der Waals surface area contributed by atoms with Crippen LogP contribution < -0.4 is 0 Å². The highest BCUT2D eigenvalue weighted by atomic mass is 14.7. The van der Waals surface area contributed by atoms with Crippen LogP contribution in [0, 0.1) is 34.5 Å². The minimum Gasteiger partial charge on any atom is -0.0622 e. The molecule has 2 rings (SSSR count). The lowest BCUT2D eigenvalue weighted by Crippen LogP contribution is -2.30. The van der Waals surface area contributed by atoms with E-state index in [1.807, 2.05) is 0 Å². The molecule has 0 heteroatoms. The average molecular weight is 194 g/mol. The molecule has 82 valence electrons. The lowest BCUT2D eigenvalue weighted by molar-refractivity contribution is 0.113. The van der Waals surface area contributed by atoms with E-state index in [1.165, 1.54) is 12.8 Å². The maximum Gasteiger partial charge on any atom is -0.0292 e. The molecule has 0 aromatic rings. The largest absolute Gasteiger partial charge is 0.0622 e. The normalized spacial score (nSPS) is 45.9. The number of fused-ring (bicyclic) bond motifs is 1. The van der Waals surface area contributed by atoms with E-state index in [0.29, 0.717) is 10.8 Å². The Kier molecular flexibility index (Phi) is 2.08. The molecule has 2 aliphatic rings. The molecule has 0 aliphatic heterocycles. The second kappa shape index (κ2) is 2.77. The van der Waals surface area contributed by atoms with Crippen molar-refractivity contribution in [3.8, 4) is 0 Å². The van der Waals surface area contributed by atoms with Crippen molar-refractivity contribution in [3.05, 3.63) is 0 Å². The highest BCUT2D eigenvalue weighted by Gasteiger charge is 2.61.